The van der Waals surface area contributed by atoms with Crippen molar-refractivity contribution in [2.24, 2.45) is 7.05 Å². The van der Waals surface area contributed by atoms with E-state index in [-0.39, 0.29) is 36.2 Å². The van der Waals surface area contributed by atoms with Gasteiger partial charge in [0.15, 0.2) is 0 Å². The Morgan fingerprint density at radius 3 is 2.52 bits per heavy atom. The summed E-state index contributed by atoms with van der Waals surface area (Å²) in [6.07, 6.45) is 0.110. The number of rotatable bonds is 6. The lowest BCUT2D eigenvalue weighted by molar-refractivity contribution is -0.137. The van der Waals surface area contributed by atoms with Crippen LogP contribution >= 0.6 is 0 Å². The molecule has 0 spiro atoms. The smallest absolute Gasteiger partial charge is 0.418 e. The van der Waals surface area contributed by atoms with Gasteiger partial charge in [-0.2, -0.15) is 23.5 Å². The highest BCUT2D eigenvalue weighted by atomic mass is 19.4. The highest BCUT2D eigenvalue weighted by molar-refractivity contribution is 5.99. The van der Waals surface area contributed by atoms with Crippen molar-refractivity contribution >= 4 is 5.91 Å². The molecule has 1 atom stereocenters. The SMILES string of the molecule is COc1cc([C@H](C)N2CCc3c(cc(Cn4ccnc4C)cc3-c3nn(C)c(=O)cc3C(F)(F)F)C2=O)ncc1C#N. The maximum Gasteiger partial charge on any atom is 0.418 e. The molecule has 1 aromatic carbocycles. The van der Waals surface area contributed by atoms with E-state index in [1.54, 1.807) is 49.3 Å². The standard InChI is InChI=1S/C29H26F3N7O3/c1-16(24-12-25(42-4)19(13-33)14-35-24)39-7-5-20-21(27-23(29(30,31)32)11-26(40)37(3)36-27)9-18(10-22(20)28(39)41)15-38-8-6-34-17(38)2/h6,8-12,14,16H,5,7,15H2,1-4H3/t16-/m0/s1. The van der Waals surface area contributed by atoms with E-state index < -0.39 is 34.9 Å². The molecule has 0 bridgehead atoms. The van der Waals surface area contributed by atoms with Gasteiger partial charge in [-0.1, -0.05) is 0 Å². The molecule has 216 valence electrons. The molecule has 1 amide bonds. The Morgan fingerprint density at radius 1 is 1.14 bits per heavy atom. The molecule has 3 aromatic heterocycles. The molecule has 4 heterocycles. The fourth-order valence-electron chi connectivity index (χ4n) is 5.17. The van der Waals surface area contributed by atoms with E-state index in [1.807, 2.05) is 10.6 Å². The lowest BCUT2D eigenvalue weighted by Gasteiger charge is -2.34. The number of amides is 1. The van der Waals surface area contributed by atoms with Gasteiger partial charge in [0.2, 0.25) is 0 Å². The Morgan fingerprint density at radius 2 is 1.88 bits per heavy atom. The Labute approximate surface area is 238 Å². The third kappa shape index (κ3) is 5.11. The van der Waals surface area contributed by atoms with E-state index in [0.29, 0.717) is 34.5 Å². The fourth-order valence-corrected chi connectivity index (χ4v) is 5.17. The average Bonchev–Trinajstić information content (AvgIpc) is 3.36. The molecule has 5 rings (SSSR count). The molecule has 13 heteroatoms. The quantitative estimate of drug-likeness (QED) is 0.339. The molecule has 0 aliphatic carbocycles. The van der Waals surface area contributed by atoms with Crippen LogP contribution < -0.4 is 10.3 Å². The van der Waals surface area contributed by atoms with Crippen LogP contribution in [0.2, 0.25) is 0 Å². The van der Waals surface area contributed by atoms with Crippen LogP contribution in [-0.2, 0) is 26.2 Å². The van der Waals surface area contributed by atoms with Gasteiger partial charge in [-0.3, -0.25) is 14.6 Å². The zero-order valence-electron chi connectivity index (χ0n) is 23.2. The molecule has 0 saturated carbocycles. The predicted octanol–water partition coefficient (Wildman–Crippen LogP) is 4.05. The number of fused-ring (bicyclic) bond motifs is 1. The van der Waals surface area contributed by atoms with Gasteiger partial charge in [-0.15, -0.1) is 0 Å². The highest BCUT2D eigenvalue weighted by Gasteiger charge is 2.38. The van der Waals surface area contributed by atoms with Gasteiger partial charge < -0.3 is 14.2 Å². The van der Waals surface area contributed by atoms with Gasteiger partial charge in [-0.25, -0.2) is 9.67 Å². The molecule has 4 aromatic rings. The van der Waals surface area contributed by atoms with E-state index in [4.69, 9.17) is 4.74 Å². The number of pyridine rings is 1. The number of nitriles is 1. The Hall–Kier alpha value is -4.99. The lowest BCUT2D eigenvalue weighted by Crippen LogP contribution is -2.40. The monoisotopic (exact) mass is 577 g/mol. The number of alkyl halides is 3. The lowest BCUT2D eigenvalue weighted by atomic mass is 9.88. The summed E-state index contributed by atoms with van der Waals surface area (Å²) in [5.74, 6) is 0.616. The van der Waals surface area contributed by atoms with Crippen molar-refractivity contribution in [3.63, 3.8) is 0 Å². The van der Waals surface area contributed by atoms with Crippen LogP contribution in [0.1, 0.15) is 57.1 Å². The van der Waals surface area contributed by atoms with Crippen LogP contribution in [0, 0.1) is 18.3 Å². The maximum atomic E-state index is 14.2. The molecular formula is C29H26F3N7O3. The molecule has 1 aliphatic heterocycles. The largest absolute Gasteiger partial charge is 0.495 e. The van der Waals surface area contributed by atoms with Crippen LogP contribution in [0.4, 0.5) is 13.2 Å². The Balaban J connectivity index is 1.66. The molecule has 0 fully saturated rings. The van der Waals surface area contributed by atoms with Crippen LogP contribution in [0.5, 0.6) is 5.75 Å². The average molecular weight is 578 g/mol. The Bertz CT molecular complexity index is 1800. The summed E-state index contributed by atoms with van der Waals surface area (Å²) in [6, 6.07) is 6.88. The summed E-state index contributed by atoms with van der Waals surface area (Å²) in [4.78, 5) is 36.3. The minimum Gasteiger partial charge on any atom is -0.495 e. The second-order valence-electron chi connectivity index (χ2n) is 9.98. The van der Waals surface area contributed by atoms with Crippen molar-refractivity contribution in [3.8, 4) is 23.1 Å². The van der Waals surface area contributed by atoms with Gasteiger partial charge in [0, 0.05) is 62.0 Å². The molecule has 0 N–H and O–H groups in total. The van der Waals surface area contributed by atoms with Crippen molar-refractivity contribution in [1.82, 2.24) is 29.2 Å². The van der Waals surface area contributed by atoms with E-state index in [9.17, 15) is 28.0 Å². The number of hydrogen-bond acceptors (Lipinski definition) is 7. The maximum absolute atomic E-state index is 14.2. The minimum absolute atomic E-state index is 0.141. The van der Waals surface area contributed by atoms with Gasteiger partial charge >= 0.3 is 6.18 Å². The number of methoxy groups -OCH3 is 1. The number of imidazole rings is 1. The van der Waals surface area contributed by atoms with Crippen molar-refractivity contribution < 1.29 is 22.7 Å². The summed E-state index contributed by atoms with van der Waals surface area (Å²) >= 11 is 0. The highest BCUT2D eigenvalue weighted by Crippen LogP contribution is 2.40. The van der Waals surface area contributed by atoms with Crippen molar-refractivity contribution in [2.75, 3.05) is 13.7 Å². The second kappa shape index (κ2) is 10.8. The van der Waals surface area contributed by atoms with E-state index in [2.05, 4.69) is 15.1 Å². The van der Waals surface area contributed by atoms with Crippen molar-refractivity contribution in [2.45, 2.75) is 39.0 Å². The van der Waals surface area contributed by atoms with Crippen molar-refractivity contribution in [3.05, 3.63) is 92.5 Å². The van der Waals surface area contributed by atoms with Gasteiger partial charge in [0.25, 0.3) is 11.5 Å². The van der Waals surface area contributed by atoms with Crippen LogP contribution in [0.15, 0.2) is 47.7 Å². The molecular weight excluding hydrogens is 551 g/mol. The fraction of sp³-hybridized carbons (Fsp3) is 0.310. The number of ether oxygens (including phenoxy) is 1. The molecule has 42 heavy (non-hydrogen) atoms. The first-order valence-electron chi connectivity index (χ1n) is 13.0. The molecule has 0 saturated heterocycles. The van der Waals surface area contributed by atoms with Crippen LogP contribution in [0.25, 0.3) is 11.3 Å². The number of halogens is 3. The van der Waals surface area contributed by atoms with E-state index >= 15 is 0 Å². The first kappa shape index (κ1) is 28.5. The Kier molecular flexibility index (Phi) is 7.32. The van der Waals surface area contributed by atoms with Gasteiger partial charge in [-0.05, 0) is 43.5 Å². The third-order valence-corrected chi connectivity index (χ3v) is 7.46. The number of carbonyl (C=O) groups is 1. The zero-order valence-corrected chi connectivity index (χ0v) is 23.2. The van der Waals surface area contributed by atoms with Gasteiger partial charge in [0.05, 0.1) is 24.4 Å². The topological polar surface area (TPSA) is 119 Å². The zero-order chi connectivity index (χ0) is 30.3. The summed E-state index contributed by atoms with van der Waals surface area (Å²) < 4.78 is 50.5. The summed E-state index contributed by atoms with van der Waals surface area (Å²) in [6.45, 7) is 4.02. The summed E-state index contributed by atoms with van der Waals surface area (Å²) in [5.41, 5.74) is -0.383. The number of aromatic nitrogens is 5. The predicted molar refractivity (Wildman–Crippen MR) is 145 cm³/mol. The van der Waals surface area contributed by atoms with Crippen LogP contribution in [-0.4, -0.2) is 48.8 Å². The molecule has 0 unspecified atom stereocenters. The van der Waals surface area contributed by atoms with E-state index in [1.165, 1.54) is 20.4 Å². The minimum atomic E-state index is -4.85. The third-order valence-electron chi connectivity index (χ3n) is 7.46. The first-order chi connectivity index (χ1) is 19.9. The first-order valence-corrected chi connectivity index (χ1v) is 13.0. The van der Waals surface area contributed by atoms with Crippen LogP contribution in [0.3, 0.4) is 0 Å². The number of benzene rings is 1. The number of carbonyl (C=O) groups excluding carboxylic acids is 1. The number of nitrogens with zero attached hydrogens (tertiary/aromatic N) is 7. The molecule has 0 radical (unpaired) electrons. The summed E-state index contributed by atoms with van der Waals surface area (Å²) in [7, 11) is 2.71. The van der Waals surface area contributed by atoms with Crippen molar-refractivity contribution in [1.29, 1.82) is 5.26 Å². The molecule has 10 nitrogen and oxygen atoms in total. The number of aryl methyl sites for hydroxylation is 2. The summed E-state index contributed by atoms with van der Waals surface area (Å²) in [5, 5.41) is 13.3. The normalized spacial score (nSPS) is 14.0. The van der Waals surface area contributed by atoms with E-state index in [0.717, 1.165) is 4.68 Å². The second-order valence-corrected chi connectivity index (χ2v) is 9.98. The van der Waals surface area contributed by atoms with Gasteiger partial charge in [0.1, 0.15) is 28.9 Å². The molecule has 1 aliphatic rings. The number of hydrogen-bond donors (Lipinski definition) is 0.